The Hall–Kier alpha value is -1.58. The predicted molar refractivity (Wildman–Crippen MR) is 77.4 cm³/mol. The maximum absolute atomic E-state index is 11.3. The highest BCUT2D eigenvalue weighted by molar-refractivity contribution is 5.87. The Morgan fingerprint density at radius 2 is 2.14 bits per heavy atom. The number of hydrogen-bond acceptors (Lipinski definition) is 3. The average molecular weight is 290 g/mol. The van der Waals surface area contributed by atoms with Crippen LogP contribution in [0, 0.1) is 29.1 Å². The molecule has 0 aromatic rings. The number of carboxylic acid groups (broad SMARTS) is 1. The van der Waals surface area contributed by atoms with Gasteiger partial charge in [-0.1, -0.05) is 32.1 Å². The topological polar surface area (TPSA) is 63.6 Å². The Labute approximate surface area is 124 Å². The van der Waals surface area contributed by atoms with E-state index in [4.69, 9.17) is 4.74 Å². The van der Waals surface area contributed by atoms with Gasteiger partial charge in [0.05, 0.1) is 0 Å². The molecule has 114 valence electrons. The number of rotatable bonds is 3. The molecule has 0 saturated heterocycles. The first-order valence-electron chi connectivity index (χ1n) is 7.56. The first-order valence-corrected chi connectivity index (χ1v) is 7.56. The van der Waals surface area contributed by atoms with Crippen molar-refractivity contribution in [3.05, 3.63) is 23.8 Å². The van der Waals surface area contributed by atoms with Crippen LogP contribution < -0.4 is 0 Å². The lowest BCUT2D eigenvalue weighted by atomic mass is 9.73. The SMILES string of the molecule is C=C(C(=O)O)C1C=C2C(C)C(OC(C)=O)CC2C2(C)CC12. The molecule has 0 aromatic heterocycles. The van der Waals surface area contributed by atoms with Gasteiger partial charge in [0, 0.05) is 24.3 Å². The Morgan fingerprint density at radius 1 is 1.48 bits per heavy atom. The monoisotopic (exact) mass is 290 g/mol. The largest absolute Gasteiger partial charge is 0.478 e. The molecule has 6 unspecified atom stereocenters. The highest BCUT2D eigenvalue weighted by Gasteiger charge is 2.64. The van der Waals surface area contributed by atoms with Gasteiger partial charge in [0.1, 0.15) is 6.10 Å². The molecule has 6 atom stereocenters. The van der Waals surface area contributed by atoms with Crippen molar-refractivity contribution in [1.82, 2.24) is 0 Å². The van der Waals surface area contributed by atoms with Gasteiger partial charge in [0.15, 0.2) is 0 Å². The first-order chi connectivity index (χ1) is 9.75. The average Bonchev–Trinajstić information content (AvgIpc) is 3.00. The number of fused-ring (bicyclic) bond motifs is 3. The lowest BCUT2D eigenvalue weighted by Crippen LogP contribution is -2.25. The molecule has 4 nitrogen and oxygen atoms in total. The van der Waals surface area contributed by atoms with Gasteiger partial charge in [-0.2, -0.15) is 0 Å². The van der Waals surface area contributed by atoms with Gasteiger partial charge in [-0.25, -0.2) is 4.79 Å². The van der Waals surface area contributed by atoms with Crippen molar-refractivity contribution >= 4 is 11.9 Å². The van der Waals surface area contributed by atoms with Crippen LogP contribution in [0.15, 0.2) is 23.8 Å². The van der Waals surface area contributed by atoms with Crippen molar-refractivity contribution < 1.29 is 19.4 Å². The zero-order chi connectivity index (χ0) is 15.5. The minimum atomic E-state index is -0.910. The maximum Gasteiger partial charge on any atom is 0.331 e. The highest BCUT2D eigenvalue weighted by Crippen LogP contribution is 2.70. The van der Waals surface area contributed by atoms with Crippen LogP contribution in [0.3, 0.4) is 0 Å². The fraction of sp³-hybridized carbons (Fsp3) is 0.647. The molecule has 3 rings (SSSR count). The van der Waals surface area contributed by atoms with E-state index in [2.05, 4.69) is 26.5 Å². The Balaban J connectivity index is 1.91. The molecule has 0 aliphatic heterocycles. The van der Waals surface area contributed by atoms with E-state index in [1.54, 1.807) is 0 Å². The molecule has 1 N–H and O–H groups in total. The molecular weight excluding hydrogens is 268 g/mol. The second-order valence-corrected chi connectivity index (χ2v) is 7.06. The van der Waals surface area contributed by atoms with Crippen molar-refractivity contribution in [2.24, 2.45) is 29.1 Å². The number of esters is 1. The lowest BCUT2D eigenvalue weighted by molar-refractivity contribution is -0.147. The summed E-state index contributed by atoms with van der Waals surface area (Å²) in [5.74, 6) is -0.265. The van der Waals surface area contributed by atoms with Crippen LogP contribution in [0.25, 0.3) is 0 Å². The van der Waals surface area contributed by atoms with E-state index in [-0.39, 0.29) is 34.9 Å². The van der Waals surface area contributed by atoms with Gasteiger partial charge in [-0.15, -0.1) is 0 Å². The summed E-state index contributed by atoms with van der Waals surface area (Å²) >= 11 is 0. The highest BCUT2D eigenvalue weighted by atomic mass is 16.5. The van der Waals surface area contributed by atoms with Gasteiger partial charge in [-0.05, 0) is 30.1 Å². The van der Waals surface area contributed by atoms with Gasteiger partial charge in [0.25, 0.3) is 0 Å². The minimum absolute atomic E-state index is 0.0720. The summed E-state index contributed by atoms with van der Waals surface area (Å²) in [6, 6.07) is 0. The summed E-state index contributed by atoms with van der Waals surface area (Å²) in [5, 5.41) is 9.23. The molecule has 0 spiro atoms. The summed E-state index contributed by atoms with van der Waals surface area (Å²) in [6.07, 6.45) is 3.93. The molecule has 2 fully saturated rings. The Kier molecular flexibility index (Phi) is 3.05. The van der Waals surface area contributed by atoms with E-state index in [1.165, 1.54) is 12.5 Å². The third-order valence-electron chi connectivity index (χ3n) is 5.90. The van der Waals surface area contributed by atoms with Crippen LogP contribution in [-0.2, 0) is 14.3 Å². The Morgan fingerprint density at radius 3 is 2.71 bits per heavy atom. The molecule has 3 aliphatic carbocycles. The lowest BCUT2D eigenvalue weighted by Gasteiger charge is -2.31. The number of carbonyl (C=O) groups is 2. The second-order valence-electron chi connectivity index (χ2n) is 7.06. The van der Waals surface area contributed by atoms with E-state index in [9.17, 15) is 14.7 Å². The summed E-state index contributed by atoms with van der Waals surface area (Å²) in [7, 11) is 0. The first kappa shape index (κ1) is 14.4. The number of allylic oxidation sites excluding steroid dienone is 1. The van der Waals surface area contributed by atoms with Crippen LogP contribution in [0.1, 0.15) is 33.6 Å². The minimum Gasteiger partial charge on any atom is -0.478 e. The van der Waals surface area contributed by atoms with Crippen molar-refractivity contribution in [1.29, 1.82) is 0 Å². The summed E-state index contributed by atoms with van der Waals surface area (Å²) in [6.45, 7) is 9.52. The smallest absolute Gasteiger partial charge is 0.331 e. The fourth-order valence-corrected chi connectivity index (χ4v) is 4.55. The number of carbonyl (C=O) groups excluding carboxylic acids is 1. The molecule has 4 heteroatoms. The fourth-order valence-electron chi connectivity index (χ4n) is 4.55. The molecule has 0 aromatic carbocycles. The molecule has 3 aliphatic rings. The van der Waals surface area contributed by atoms with Crippen molar-refractivity contribution in [3.63, 3.8) is 0 Å². The molecule has 0 heterocycles. The van der Waals surface area contributed by atoms with Crippen LogP contribution in [0.2, 0.25) is 0 Å². The molecule has 21 heavy (non-hydrogen) atoms. The van der Waals surface area contributed by atoms with Crippen LogP contribution >= 0.6 is 0 Å². The van der Waals surface area contributed by atoms with E-state index in [1.807, 2.05) is 0 Å². The summed E-state index contributed by atoms with van der Waals surface area (Å²) in [4.78, 5) is 22.5. The molecule has 0 radical (unpaired) electrons. The van der Waals surface area contributed by atoms with Gasteiger partial charge < -0.3 is 9.84 Å². The van der Waals surface area contributed by atoms with Gasteiger partial charge >= 0.3 is 11.9 Å². The van der Waals surface area contributed by atoms with Crippen LogP contribution in [0.4, 0.5) is 0 Å². The van der Waals surface area contributed by atoms with E-state index in [0.717, 1.165) is 12.8 Å². The maximum atomic E-state index is 11.3. The molecule has 0 bridgehead atoms. The van der Waals surface area contributed by atoms with E-state index in [0.29, 0.717) is 11.8 Å². The van der Waals surface area contributed by atoms with Gasteiger partial charge in [0.2, 0.25) is 0 Å². The van der Waals surface area contributed by atoms with E-state index < -0.39 is 5.97 Å². The van der Waals surface area contributed by atoms with Gasteiger partial charge in [-0.3, -0.25) is 4.79 Å². The summed E-state index contributed by atoms with van der Waals surface area (Å²) in [5.41, 5.74) is 1.71. The zero-order valence-electron chi connectivity index (χ0n) is 12.8. The number of aliphatic carboxylic acids is 1. The zero-order valence-corrected chi connectivity index (χ0v) is 12.8. The normalized spacial score (nSPS) is 43.4. The molecule has 0 amide bonds. The van der Waals surface area contributed by atoms with Crippen LogP contribution in [-0.4, -0.2) is 23.1 Å². The number of hydrogen-bond donors (Lipinski definition) is 1. The van der Waals surface area contributed by atoms with Crippen LogP contribution in [0.5, 0.6) is 0 Å². The second kappa shape index (κ2) is 4.46. The third kappa shape index (κ3) is 2.03. The molecule has 2 saturated carbocycles. The van der Waals surface area contributed by atoms with Crippen molar-refractivity contribution in [2.75, 3.05) is 0 Å². The van der Waals surface area contributed by atoms with Crippen molar-refractivity contribution in [2.45, 2.75) is 39.7 Å². The quantitative estimate of drug-likeness (QED) is 0.493. The predicted octanol–water partition coefficient (Wildman–Crippen LogP) is 2.80. The number of carboxylic acids is 1. The summed E-state index contributed by atoms with van der Waals surface area (Å²) < 4.78 is 5.45. The van der Waals surface area contributed by atoms with E-state index >= 15 is 0 Å². The standard InChI is InChI=1S/C17H22O4/c1-8-11-5-12(9(2)16(19)20)14-7-17(14,4)13(11)6-15(8)21-10(3)18/h5,8,12-15H,2,6-7H2,1,3-4H3,(H,19,20). The Bertz CT molecular complexity index is 561. The van der Waals surface area contributed by atoms with Crippen molar-refractivity contribution in [3.8, 4) is 0 Å². The number of ether oxygens (including phenoxy) is 1. The molecular formula is C17H22O4. The third-order valence-corrected chi connectivity index (χ3v) is 5.90.